The van der Waals surface area contributed by atoms with Crippen LogP contribution in [0.2, 0.25) is 5.02 Å². The van der Waals surface area contributed by atoms with E-state index in [1.807, 2.05) is 36.1 Å². The van der Waals surface area contributed by atoms with Crippen LogP contribution in [0.15, 0.2) is 24.3 Å². The average Bonchev–Trinajstić information content (AvgIpc) is 2.89. The van der Waals surface area contributed by atoms with Crippen molar-refractivity contribution in [3.05, 3.63) is 40.5 Å². The largest absolute Gasteiger partial charge is 0.379 e. The van der Waals surface area contributed by atoms with Crippen LogP contribution in [0.4, 0.5) is 17.5 Å². The summed E-state index contributed by atoms with van der Waals surface area (Å²) in [6, 6.07) is 8.13. The van der Waals surface area contributed by atoms with Gasteiger partial charge in [0, 0.05) is 55.6 Å². The van der Waals surface area contributed by atoms with Gasteiger partial charge in [-0.1, -0.05) is 17.7 Å². The zero-order chi connectivity index (χ0) is 21.3. The number of aromatic nitrogens is 2. The first-order valence-electron chi connectivity index (χ1n) is 10.2. The molecule has 2 saturated heterocycles. The fourth-order valence-electron chi connectivity index (χ4n) is 3.98. The number of amides is 1. The number of nitrogens with one attached hydrogen (secondary N) is 1. The normalized spacial score (nSPS) is 19.9. The molecule has 2 aliphatic rings. The number of anilines is 3. The second-order valence-electron chi connectivity index (χ2n) is 7.86. The summed E-state index contributed by atoms with van der Waals surface area (Å²) >= 11 is 6.71. The number of ether oxygens (including phenoxy) is 1. The fraction of sp³-hybridized carbons (Fsp3) is 0.476. The Bertz CT molecular complexity index is 913. The van der Waals surface area contributed by atoms with Crippen molar-refractivity contribution in [3.63, 3.8) is 0 Å². The summed E-state index contributed by atoms with van der Waals surface area (Å²) in [5.41, 5.74) is 8.65. The summed E-state index contributed by atoms with van der Waals surface area (Å²) in [4.78, 5) is 24.0. The lowest BCUT2D eigenvalue weighted by Crippen LogP contribution is -2.56. The van der Waals surface area contributed by atoms with Crippen LogP contribution in [0.5, 0.6) is 0 Å². The van der Waals surface area contributed by atoms with E-state index in [0.717, 1.165) is 35.7 Å². The van der Waals surface area contributed by atoms with Crippen molar-refractivity contribution in [2.45, 2.75) is 32.4 Å². The third kappa shape index (κ3) is 4.44. The number of nitrogens with zero attached hydrogens (tertiary/aromatic N) is 4. The molecule has 0 bridgehead atoms. The average molecular weight is 431 g/mol. The number of carbonyl (C=O) groups is 1. The van der Waals surface area contributed by atoms with E-state index in [4.69, 9.17) is 22.1 Å². The maximum absolute atomic E-state index is 11.4. The Labute approximate surface area is 181 Å². The Morgan fingerprint density at radius 1 is 1.30 bits per heavy atom. The Hall–Kier alpha value is -2.58. The van der Waals surface area contributed by atoms with E-state index in [0.29, 0.717) is 31.3 Å². The van der Waals surface area contributed by atoms with Crippen LogP contribution in [0.25, 0.3) is 0 Å². The fourth-order valence-corrected chi connectivity index (χ4v) is 4.29. The second kappa shape index (κ2) is 8.65. The highest BCUT2D eigenvalue weighted by molar-refractivity contribution is 6.31. The molecule has 4 rings (SSSR count). The zero-order valence-electron chi connectivity index (χ0n) is 17.3. The van der Waals surface area contributed by atoms with Gasteiger partial charge in [0.2, 0.25) is 11.9 Å². The highest BCUT2D eigenvalue weighted by Gasteiger charge is 2.29. The van der Waals surface area contributed by atoms with Crippen LogP contribution in [0.3, 0.4) is 0 Å². The highest BCUT2D eigenvalue weighted by Crippen LogP contribution is 2.34. The minimum Gasteiger partial charge on any atom is -0.379 e. The van der Waals surface area contributed by atoms with E-state index in [1.54, 1.807) is 6.92 Å². The predicted octanol–water partition coefficient (Wildman–Crippen LogP) is 2.63. The molecule has 0 aliphatic carbocycles. The quantitative estimate of drug-likeness (QED) is 0.769. The number of nitrogen functional groups attached to an aromatic ring is 1. The molecule has 2 aromatic rings. The smallest absolute Gasteiger partial charge is 0.222 e. The molecule has 0 spiro atoms. The van der Waals surface area contributed by atoms with Crippen molar-refractivity contribution in [2.75, 3.05) is 48.8 Å². The summed E-state index contributed by atoms with van der Waals surface area (Å²) in [6.07, 6.45) is 0.894. The molecule has 2 aliphatic heterocycles. The second-order valence-corrected chi connectivity index (χ2v) is 8.27. The number of rotatable bonds is 4. The Morgan fingerprint density at radius 2 is 2.10 bits per heavy atom. The number of nitrogens with two attached hydrogens (primary N) is 1. The molecule has 0 saturated carbocycles. The molecule has 1 aromatic carbocycles. The first kappa shape index (κ1) is 20.7. The van der Waals surface area contributed by atoms with Gasteiger partial charge in [-0.15, -0.1) is 0 Å². The Kier molecular flexibility index (Phi) is 5.97. The maximum Gasteiger partial charge on any atom is 0.222 e. The van der Waals surface area contributed by atoms with Gasteiger partial charge in [0.25, 0.3) is 0 Å². The number of benzene rings is 1. The predicted molar refractivity (Wildman–Crippen MR) is 118 cm³/mol. The number of hydrogen-bond donors (Lipinski definition) is 2. The highest BCUT2D eigenvalue weighted by atomic mass is 35.5. The van der Waals surface area contributed by atoms with Crippen molar-refractivity contribution in [1.82, 2.24) is 14.9 Å². The van der Waals surface area contributed by atoms with Crippen molar-refractivity contribution in [2.24, 2.45) is 0 Å². The van der Waals surface area contributed by atoms with Crippen LogP contribution in [-0.2, 0) is 9.53 Å². The molecule has 160 valence electrons. The molecule has 1 amide bonds. The monoisotopic (exact) mass is 430 g/mol. The Balaban J connectivity index is 1.55. The van der Waals surface area contributed by atoms with E-state index >= 15 is 0 Å². The molecule has 1 atom stereocenters. The van der Waals surface area contributed by atoms with Gasteiger partial charge in [-0.3, -0.25) is 4.79 Å². The molecule has 8 nitrogen and oxygen atoms in total. The van der Waals surface area contributed by atoms with Gasteiger partial charge in [0.15, 0.2) is 0 Å². The lowest BCUT2D eigenvalue weighted by atomic mass is 10.0. The van der Waals surface area contributed by atoms with Crippen LogP contribution in [-0.4, -0.2) is 59.7 Å². The molecule has 30 heavy (non-hydrogen) atoms. The maximum atomic E-state index is 11.4. The van der Waals surface area contributed by atoms with Crippen LogP contribution >= 0.6 is 11.6 Å². The first-order valence-corrected chi connectivity index (χ1v) is 10.6. The van der Waals surface area contributed by atoms with Crippen molar-refractivity contribution in [3.8, 4) is 0 Å². The number of hydrogen-bond acceptors (Lipinski definition) is 7. The van der Waals surface area contributed by atoms with Gasteiger partial charge in [-0.25, -0.2) is 4.98 Å². The van der Waals surface area contributed by atoms with Crippen molar-refractivity contribution in [1.29, 1.82) is 0 Å². The first-order chi connectivity index (χ1) is 14.4. The lowest BCUT2D eigenvalue weighted by Gasteiger charge is -2.39. The molecule has 0 radical (unpaired) electrons. The summed E-state index contributed by atoms with van der Waals surface area (Å²) < 4.78 is 5.86. The molecule has 2 fully saturated rings. The molecule has 1 unspecified atom stereocenters. The summed E-state index contributed by atoms with van der Waals surface area (Å²) in [6.45, 7) is 6.94. The van der Waals surface area contributed by atoms with Gasteiger partial charge in [-0.2, -0.15) is 4.98 Å². The Morgan fingerprint density at radius 3 is 2.80 bits per heavy atom. The van der Waals surface area contributed by atoms with E-state index < -0.39 is 0 Å². The minimum atomic E-state index is -0.0698. The van der Waals surface area contributed by atoms with Gasteiger partial charge >= 0.3 is 0 Å². The molecular formula is C21H27ClN6O2. The zero-order valence-corrected chi connectivity index (χ0v) is 18.0. The summed E-state index contributed by atoms with van der Waals surface area (Å²) in [7, 11) is 0. The SMILES string of the molecule is CC(=O)N1CC(Nc2ccc(C3COCCCN3c3cc(C)nc(N)n3)c(Cl)c2)C1. The summed E-state index contributed by atoms with van der Waals surface area (Å²) in [5, 5.41) is 4.11. The number of halogens is 1. The number of carbonyl (C=O) groups excluding carboxylic acids is 1. The molecular weight excluding hydrogens is 404 g/mol. The van der Waals surface area contributed by atoms with Crippen LogP contribution in [0.1, 0.15) is 30.6 Å². The van der Waals surface area contributed by atoms with E-state index in [1.165, 1.54) is 0 Å². The number of aryl methyl sites for hydroxylation is 1. The van der Waals surface area contributed by atoms with Crippen molar-refractivity contribution >= 4 is 35.0 Å². The molecule has 3 heterocycles. The lowest BCUT2D eigenvalue weighted by molar-refractivity contribution is -0.132. The minimum absolute atomic E-state index is 0.0698. The van der Waals surface area contributed by atoms with Crippen LogP contribution in [0, 0.1) is 6.92 Å². The summed E-state index contributed by atoms with van der Waals surface area (Å²) in [5.74, 6) is 1.16. The van der Waals surface area contributed by atoms with Crippen LogP contribution < -0.4 is 16.0 Å². The van der Waals surface area contributed by atoms with Gasteiger partial charge in [0.1, 0.15) is 5.82 Å². The number of likely N-dealkylation sites (tertiary alicyclic amines) is 1. The standard InChI is InChI=1S/C21H27ClN6O2/c1-13-8-20(26-21(23)24-13)28-6-3-7-30-12-19(28)17-5-4-15(9-18(17)22)25-16-10-27(11-16)14(2)29/h4-5,8-9,16,19,25H,3,6-7,10-12H2,1-2H3,(H2,23,24,26). The van der Waals surface area contributed by atoms with Gasteiger partial charge in [0.05, 0.1) is 18.7 Å². The van der Waals surface area contributed by atoms with E-state index in [9.17, 15) is 4.79 Å². The molecule has 1 aromatic heterocycles. The van der Waals surface area contributed by atoms with E-state index in [2.05, 4.69) is 20.2 Å². The third-order valence-electron chi connectivity index (χ3n) is 5.55. The van der Waals surface area contributed by atoms with E-state index in [-0.39, 0.29) is 23.9 Å². The van der Waals surface area contributed by atoms with Gasteiger partial charge < -0.3 is 25.6 Å². The van der Waals surface area contributed by atoms with Crippen molar-refractivity contribution < 1.29 is 9.53 Å². The van der Waals surface area contributed by atoms with Gasteiger partial charge in [-0.05, 0) is 31.0 Å². The molecule has 9 heteroatoms. The molecule has 3 N–H and O–H groups in total. The topological polar surface area (TPSA) is 96.6 Å². The third-order valence-corrected chi connectivity index (χ3v) is 5.88.